The van der Waals surface area contributed by atoms with E-state index >= 15 is 0 Å². The number of benzene rings is 1. The number of imidazole rings is 1. The Morgan fingerprint density at radius 2 is 1.84 bits per heavy atom. The van der Waals surface area contributed by atoms with Crippen LogP contribution in [0.25, 0.3) is 16.9 Å². The number of rotatable bonds is 1. The van der Waals surface area contributed by atoms with E-state index in [0.29, 0.717) is 27.2 Å². The van der Waals surface area contributed by atoms with E-state index in [4.69, 9.17) is 5.73 Å². The molecule has 0 unspecified atom stereocenters. The lowest BCUT2D eigenvalue weighted by molar-refractivity contribution is 0.619. The van der Waals surface area contributed by atoms with Gasteiger partial charge in [0.1, 0.15) is 28.8 Å². The Labute approximate surface area is 115 Å². The molecule has 0 saturated carbocycles. The average Bonchev–Trinajstić information content (AvgIpc) is 2.67. The molecule has 0 spiro atoms. The number of hydrogen-bond acceptors (Lipinski definition) is 2. The van der Waals surface area contributed by atoms with Crippen LogP contribution in [0, 0.1) is 11.6 Å². The topological polar surface area (TPSA) is 43.3 Å². The number of nitrogens with zero attached hydrogens (tertiary/aromatic N) is 2. The molecule has 0 atom stereocenters. The van der Waals surface area contributed by atoms with E-state index in [1.54, 1.807) is 6.07 Å². The summed E-state index contributed by atoms with van der Waals surface area (Å²) in [5.41, 5.74) is 7.64. The van der Waals surface area contributed by atoms with Crippen molar-refractivity contribution >= 4 is 27.4 Å². The summed E-state index contributed by atoms with van der Waals surface area (Å²) in [4.78, 5) is 4.33. The molecule has 0 aliphatic carbocycles. The van der Waals surface area contributed by atoms with E-state index in [1.807, 2.05) is 0 Å². The number of pyridine rings is 1. The van der Waals surface area contributed by atoms with E-state index < -0.39 is 5.82 Å². The van der Waals surface area contributed by atoms with Crippen molar-refractivity contribution in [1.82, 2.24) is 9.38 Å². The molecule has 0 aliphatic rings. The maximum Gasteiger partial charge on any atom is 0.140 e. The molecule has 96 valence electrons. The smallest absolute Gasteiger partial charge is 0.140 e. The van der Waals surface area contributed by atoms with Crippen molar-refractivity contribution in [2.75, 3.05) is 5.73 Å². The minimum atomic E-state index is -0.402. The molecule has 19 heavy (non-hydrogen) atoms. The SMILES string of the molecule is Nc1c(-c2ccc(F)cc2Br)nc2ccc(F)cn12. The third-order valence-electron chi connectivity index (χ3n) is 2.81. The van der Waals surface area contributed by atoms with Crippen molar-refractivity contribution < 1.29 is 8.78 Å². The summed E-state index contributed by atoms with van der Waals surface area (Å²) >= 11 is 3.27. The molecule has 6 heteroatoms. The fraction of sp³-hybridized carbons (Fsp3) is 0. The van der Waals surface area contributed by atoms with E-state index in [0.717, 1.165) is 0 Å². The van der Waals surface area contributed by atoms with E-state index in [2.05, 4.69) is 20.9 Å². The van der Waals surface area contributed by atoms with Gasteiger partial charge in [-0.2, -0.15) is 0 Å². The minimum Gasteiger partial charge on any atom is -0.383 e. The molecule has 2 heterocycles. The number of nitrogen functional groups attached to an aromatic ring is 1. The lowest BCUT2D eigenvalue weighted by Crippen LogP contribution is -1.95. The van der Waals surface area contributed by atoms with Crippen LogP contribution in [0.1, 0.15) is 0 Å². The lowest BCUT2D eigenvalue weighted by atomic mass is 10.1. The highest BCUT2D eigenvalue weighted by atomic mass is 79.9. The highest BCUT2D eigenvalue weighted by Crippen LogP contribution is 2.32. The molecule has 0 bridgehead atoms. The first kappa shape index (κ1) is 12.1. The molecular weight excluding hydrogens is 316 g/mol. The number of nitrogens with two attached hydrogens (primary N) is 1. The highest BCUT2D eigenvalue weighted by molar-refractivity contribution is 9.10. The van der Waals surface area contributed by atoms with Gasteiger partial charge >= 0.3 is 0 Å². The van der Waals surface area contributed by atoms with E-state index in [1.165, 1.54) is 34.9 Å². The fourth-order valence-corrected chi connectivity index (χ4v) is 2.46. The molecule has 1 aromatic carbocycles. The maximum absolute atomic E-state index is 13.2. The van der Waals surface area contributed by atoms with Crippen LogP contribution in [0.2, 0.25) is 0 Å². The summed E-state index contributed by atoms with van der Waals surface area (Å²) in [6.45, 7) is 0. The first-order chi connectivity index (χ1) is 9.06. The third kappa shape index (κ3) is 1.98. The molecule has 0 amide bonds. The van der Waals surface area contributed by atoms with Crippen molar-refractivity contribution in [3.63, 3.8) is 0 Å². The molecule has 2 aromatic heterocycles. The lowest BCUT2D eigenvalue weighted by Gasteiger charge is -2.02. The van der Waals surface area contributed by atoms with Crippen molar-refractivity contribution in [2.45, 2.75) is 0 Å². The Morgan fingerprint density at radius 1 is 1.11 bits per heavy atom. The normalized spacial score (nSPS) is 11.1. The zero-order chi connectivity index (χ0) is 13.6. The molecule has 2 N–H and O–H groups in total. The maximum atomic E-state index is 13.2. The second-order valence-corrected chi connectivity index (χ2v) is 4.90. The Hall–Kier alpha value is -1.95. The predicted octanol–water partition coefficient (Wildman–Crippen LogP) is 3.62. The fourth-order valence-electron chi connectivity index (χ4n) is 1.92. The quantitative estimate of drug-likeness (QED) is 0.743. The monoisotopic (exact) mass is 323 g/mol. The Balaban J connectivity index is 2.28. The van der Waals surface area contributed by atoms with Gasteiger partial charge in [0.15, 0.2) is 0 Å². The van der Waals surface area contributed by atoms with Gasteiger partial charge < -0.3 is 5.73 Å². The molecule has 0 fully saturated rings. The summed E-state index contributed by atoms with van der Waals surface area (Å²) < 4.78 is 28.3. The van der Waals surface area contributed by atoms with E-state index in [-0.39, 0.29) is 5.82 Å². The summed E-state index contributed by atoms with van der Waals surface area (Å²) in [5, 5.41) is 0. The molecular formula is C13H8BrF2N3. The van der Waals surface area contributed by atoms with Gasteiger partial charge in [-0.1, -0.05) is 0 Å². The van der Waals surface area contributed by atoms with Crippen LogP contribution in [0.3, 0.4) is 0 Å². The zero-order valence-electron chi connectivity index (χ0n) is 9.57. The van der Waals surface area contributed by atoms with Crippen LogP contribution >= 0.6 is 15.9 Å². The van der Waals surface area contributed by atoms with Gasteiger partial charge in [0, 0.05) is 16.2 Å². The average molecular weight is 324 g/mol. The molecule has 3 aromatic rings. The highest BCUT2D eigenvalue weighted by Gasteiger charge is 2.14. The van der Waals surface area contributed by atoms with Gasteiger partial charge in [-0.15, -0.1) is 0 Å². The molecule has 3 nitrogen and oxygen atoms in total. The van der Waals surface area contributed by atoms with Crippen molar-refractivity contribution in [3.8, 4) is 11.3 Å². The largest absolute Gasteiger partial charge is 0.383 e. The molecule has 0 saturated heterocycles. The van der Waals surface area contributed by atoms with Gasteiger partial charge in [-0.3, -0.25) is 4.40 Å². The number of hydrogen-bond donors (Lipinski definition) is 1. The van der Waals surface area contributed by atoms with Gasteiger partial charge in [-0.05, 0) is 46.3 Å². The van der Waals surface area contributed by atoms with Crippen LogP contribution in [-0.4, -0.2) is 9.38 Å². The van der Waals surface area contributed by atoms with Crippen molar-refractivity contribution in [1.29, 1.82) is 0 Å². The van der Waals surface area contributed by atoms with Crippen molar-refractivity contribution in [2.24, 2.45) is 0 Å². The predicted molar refractivity (Wildman–Crippen MR) is 72.7 cm³/mol. The summed E-state index contributed by atoms with van der Waals surface area (Å²) in [7, 11) is 0. The number of fused-ring (bicyclic) bond motifs is 1. The van der Waals surface area contributed by atoms with E-state index in [9.17, 15) is 8.78 Å². The third-order valence-corrected chi connectivity index (χ3v) is 3.46. The van der Waals surface area contributed by atoms with Gasteiger partial charge in [0.05, 0.1) is 0 Å². The van der Waals surface area contributed by atoms with Crippen LogP contribution in [0.5, 0.6) is 0 Å². The second kappa shape index (κ2) is 4.31. The van der Waals surface area contributed by atoms with Crippen LogP contribution in [0.4, 0.5) is 14.6 Å². The van der Waals surface area contributed by atoms with Gasteiger partial charge in [0.2, 0.25) is 0 Å². The van der Waals surface area contributed by atoms with Gasteiger partial charge in [0.25, 0.3) is 0 Å². The van der Waals surface area contributed by atoms with Crippen LogP contribution < -0.4 is 5.73 Å². The summed E-state index contributed by atoms with van der Waals surface area (Å²) in [6, 6.07) is 7.08. The zero-order valence-corrected chi connectivity index (χ0v) is 11.2. The van der Waals surface area contributed by atoms with Crippen LogP contribution in [-0.2, 0) is 0 Å². The van der Waals surface area contributed by atoms with Gasteiger partial charge in [-0.25, -0.2) is 13.8 Å². The Kier molecular flexibility index (Phi) is 2.74. The molecule has 0 aliphatic heterocycles. The Bertz CT molecular complexity index is 783. The standard InChI is InChI=1S/C13H8BrF2N3/c14-10-5-7(15)1-3-9(10)12-13(17)19-6-8(16)2-4-11(19)18-12/h1-6H,17H2. The number of halogens is 3. The number of aromatic nitrogens is 2. The molecule has 0 radical (unpaired) electrons. The summed E-state index contributed by atoms with van der Waals surface area (Å²) in [6.07, 6.45) is 1.26. The Morgan fingerprint density at radius 3 is 2.58 bits per heavy atom. The summed E-state index contributed by atoms with van der Waals surface area (Å²) in [5.74, 6) is -0.452. The minimum absolute atomic E-state index is 0.307. The number of anilines is 1. The first-order valence-electron chi connectivity index (χ1n) is 5.45. The van der Waals surface area contributed by atoms with Crippen molar-refractivity contribution in [3.05, 3.63) is 52.6 Å². The van der Waals surface area contributed by atoms with Crippen LogP contribution in [0.15, 0.2) is 41.0 Å². The first-order valence-corrected chi connectivity index (χ1v) is 6.24. The second-order valence-electron chi connectivity index (χ2n) is 4.05. The molecule has 3 rings (SSSR count).